The van der Waals surface area contributed by atoms with Crippen LogP contribution in [0, 0.1) is 13.8 Å². The van der Waals surface area contributed by atoms with E-state index in [4.69, 9.17) is 4.74 Å². The quantitative estimate of drug-likeness (QED) is 0.550. The molecule has 27 heavy (non-hydrogen) atoms. The molecule has 0 spiro atoms. The van der Waals surface area contributed by atoms with Crippen molar-refractivity contribution in [3.63, 3.8) is 0 Å². The summed E-state index contributed by atoms with van der Waals surface area (Å²) in [6.45, 7) is 3.75. The fraction of sp³-hybridized carbons (Fsp3) is 0.444. The molecule has 0 bridgehead atoms. The van der Waals surface area contributed by atoms with E-state index in [9.17, 15) is 13.2 Å². The molecule has 0 aliphatic carbocycles. The van der Waals surface area contributed by atoms with Crippen LogP contribution in [0.25, 0.3) is 0 Å². The number of hydrogen-bond donors (Lipinski definition) is 2. The zero-order chi connectivity index (χ0) is 19.9. The summed E-state index contributed by atoms with van der Waals surface area (Å²) < 4.78 is 41.1. The SMILES string of the molecule is CN=C(NCc1cccc(COCC(F)(F)F)c1)NCc1nc(C)c(C)s1. The Balaban J connectivity index is 1.82. The summed E-state index contributed by atoms with van der Waals surface area (Å²) >= 11 is 1.64. The summed E-state index contributed by atoms with van der Waals surface area (Å²) in [6, 6.07) is 7.23. The second-order valence-electron chi connectivity index (χ2n) is 5.96. The molecule has 0 unspecified atom stereocenters. The summed E-state index contributed by atoms with van der Waals surface area (Å²) in [5, 5.41) is 7.36. The fourth-order valence-electron chi connectivity index (χ4n) is 2.29. The maximum atomic E-state index is 12.1. The summed E-state index contributed by atoms with van der Waals surface area (Å²) in [6.07, 6.45) is -4.31. The summed E-state index contributed by atoms with van der Waals surface area (Å²) in [5.74, 6) is 0.624. The third-order valence-electron chi connectivity index (χ3n) is 3.69. The van der Waals surface area contributed by atoms with Gasteiger partial charge in [-0.3, -0.25) is 4.99 Å². The van der Waals surface area contributed by atoms with Crippen LogP contribution in [0.15, 0.2) is 29.3 Å². The number of aliphatic imine (C=N–C) groups is 1. The van der Waals surface area contributed by atoms with Crippen LogP contribution in [0.2, 0.25) is 0 Å². The smallest absolute Gasteiger partial charge is 0.367 e. The van der Waals surface area contributed by atoms with Crippen molar-refractivity contribution in [2.24, 2.45) is 4.99 Å². The molecule has 1 aromatic carbocycles. The zero-order valence-corrected chi connectivity index (χ0v) is 16.3. The van der Waals surface area contributed by atoms with Gasteiger partial charge in [0.2, 0.25) is 0 Å². The van der Waals surface area contributed by atoms with Gasteiger partial charge in [0, 0.05) is 18.5 Å². The molecule has 0 fully saturated rings. The van der Waals surface area contributed by atoms with Gasteiger partial charge in [0.15, 0.2) is 5.96 Å². The third kappa shape index (κ3) is 7.56. The number of aryl methyl sites for hydroxylation is 2. The average Bonchev–Trinajstić information content (AvgIpc) is 2.92. The number of guanidine groups is 1. The number of thiazole rings is 1. The van der Waals surface area contributed by atoms with Crippen LogP contribution < -0.4 is 10.6 Å². The van der Waals surface area contributed by atoms with Gasteiger partial charge in [-0.05, 0) is 25.0 Å². The summed E-state index contributed by atoms with van der Waals surface area (Å²) in [4.78, 5) is 9.83. The third-order valence-corrected chi connectivity index (χ3v) is 4.76. The number of ether oxygens (including phenoxy) is 1. The largest absolute Gasteiger partial charge is 0.411 e. The van der Waals surface area contributed by atoms with Crippen molar-refractivity contribution < 1.29 is 17.9 Å². The first-order valence-corrected chi connectivity index (χ1v) is 9.18. The van der Waals surface area contributed by atoms with Gasteiger partial charge in [0.25, 0.3) is 0 Å². The van der Waals surface area contributed by atoms with Gasteiger partial charge in [-0.25, -0.2) is 4.98 Å². The standard InChI is InChI=1S/C18H23F3N4OS/c1-12-13(2)27-16(25-12)9-24-17(22-3)23-8-14-5-4-6-15(7-14)10-26-11-18(19,20)21/h4-7H,8-11H2,1-3H3,(H2,22,23,24). The van der Waals surface area contributed by atoms with Crippen LogP contribution in [0.4, 0.5) is 13.2 Å². The highest BCUT2D eigenvalue weighted by atomic mass is 32.1. The Morgan fingerprint density at radius 3 is 2.52 bits per heavy atom. The van der Waals surface area contributed by atoms with E-state index in [1.54, 1.807) is 30.5 Å². The lowest BCUT2D eigenvalue weighted by Gasteiger charge is -2.12. The zero-order valence-electron chi connectivity index (χ0n) is 15.5. The first kappa shape index (κ1) is 21.2. The summed E-state index contributed by atoms with van der Waals surface area (Å²) in [5.41, 5.74) is 2.64. The Hall–Kier alpha value is -2.13. The van der Waals surface area contributed by atoms with Crippen molar-refractivity contribution in [2.75, 3.05) is 13.7 Å². The lowest BCUT2D eigenvalue weighted by Crippen LogP contribution is -2.36. The molecule has 0 saturated heterocycles. The van der Waals surface area contributed by atoms with E-state index in [2.05, 4.69) is 20.6 Å². The molecule has 0 amide bonds. The van der Waals surface area contributed by atoms with Crippen LogP contribution in [0.3, 0.4) is 0 Å². The number of hydrogen-bond acceptors (Lipinski definition) is 4. The number of aromatic nitrogens is 1. The van der Waals surface area contributed by atoms with E-state index < -0.39 is 12.8 Å². The number of nitrogens with zero attached hydrogens (tertiary/aromatic N) is 2. The van der Waals surface area contributed by atoms with E-state index in [-0.39, 0.29) is 6.61 Å². The molecule has 1 aromatic heterocycles. The summed E-state index contributed by atoms with van der Waals surface area (Å²) in [7, 11) is 1.68. The highest BCUT2D eigenvalue weighted by molar-refractivity contribution is 7.11. The molecule has 5 nitrogen and oxygen atoms in total. The van der Waals surface area contributed by atoms with E-state index >= 15 is 0 Å². The van der Waals surface area contributed by atoms with Crippen molar-refractivity contribution in [3.05, 3.63) is 51.0 Å². The van der Waals surface area contributed by atoms with Crippen molar-refractivity contribution >= 4 is 17.3 Å². The molecule has 148 valence electrons. The van der Waals surface area contributed by atoms with Crippen LogP contribution >= 0.6 is 11.3 Å². The van der Waals surface area contributed by atoms with E-state index in [1.807, 2.05) is 26.0 Å². The molecule has 2 aromatic rings. The molecule has 0 saturated carbocycles. The highest BCUT2D eigenvalue weighted by Crippen LogP contribution is 2.17. The number of nitrogens with one attached hydrogen (secondary N) is 2. The topological polar surface area (TPSA) is 58.5 Å². The molecule has 2 N–H and O–H groups in total. The molecule has 0 aliphatic heterocycles. The molecular formula is C18H23F3N4OS. The van der Waals surface area contributed by atoms with Crippen molar-refractivity contribution in [1.29, 1.82) is 0 Å². The van der Waals surface area contributed by atoms with Crippen molar-refractivity contribution in [2.45, 2.75) is 39.7 Å². The maximum Gasteiger partial charge on any atom is 0.411 e. The molecule has 2 rings (SSSR count). The molecule has 1 heterocycles. The van der Waals surface area contributed by atoms with Gasteiger partial charge >= 0.3 is 6.18 Å². The minimum atomic E-state index is -4.31. The van der Waals surface area contributed by atoms with E-state index in [0.717, 1.165) is 16.3 Å². The Kier molecular flexibility index (Phi) is 7.61. The Bertz CT molecular complexity index is 755. The number of benzene rings is 1. The van der Waals surface area contributed by atoms with Gasteiger partial charge in [-0.15, -0.1) is 11.3 Å². The second kappa shape index (κ2) is 9.70. The maximum absolute atomic E-state index is 12.1. The molecule has 9 heteroatoms. The Morgan fingerprint density at radius 2 is 1.89 bits per heavy atom. The van der Waals surface area contributed by atoms with Gasteiger partial charge in [-0.2, -0.15) is 13.2 Å². The van der Waals surface area contributed by atoms with Crippen LogP contribution in [0.1, 0.15) is 26.7 Å². The van der Waals surface area contributed by atoms with Gasteiger partial charge in [-0.1, -0.05) is 24.3 Å². The molecule has 0 atom stereocenters. The minimum absolute atomic E-state index is 0.0803. The van der Waals surface area contributed by atoms with Crippen molar-refractivity contribution in [1.82, 2.24) is 15.6 Å². The second-order valence-corrected chi connectivity index (χ2v) is 7.24. The van der Waals surface area contributed by atoms with Gasteiger partial charge in [0.05, 0.1) is 18.8 Å². The molecule has 0 aliphatic rings. The van der Waals surface area contributed by atoms with Crippen molar-refractivity contribution in [3.8, 4) is 0 Å². The van der Waals surface area contributed by atoms with E-state index in [0.29, 0.717) is 24.6 Å². The van der Waals surface area contributed by atoms with Gasteiger partial charge < -0.3 is 15.4 Å². The fourth-order valence-corrected chi connectivity index (χ4v) is 3.17. The predicted octanol–water partition coefficient (Wildman–Crippen LogP) is 3.70. The van der Waals surface area contributed by atoms with Crippen LogP contribution in [0.5, 0.6) is 0 Å². The molecular weight excluding hydrogens is 377 g/mol. The van der Waals surface area contributed by atoms with Gasteiger partial charge in [0.1, 0.15) is 11.6 Å². The lowest BCUT2D eigenvalue weighted by atomic mass is 10.1. The predicted molar refractivity (Wildman–Crippen MR) is 101 cm³/mol. The lowest BCUT2D eigenvalue weighted by molar-refractivity contribution is -0.176. The monoisotopic (exact) mass is 400 g/mol. The minimum Gasteiger partial charge on any atom is -0.367 e. The van der Waals surface area contributed by atoms with Crippen LogP contribution in [-0.2, 0) is 24.4 Å². The number of halogens is 3. The first-order chi connectivity index (χ1) is 12.8. The number of alkyl halides is 3. The average molecular weight is 400 g/mol. The number of rotatable bonds is 7. The Morgan fingerprint density at radius 1 is 1.19 bits per heavy atom. The van der Waals surface area contributed by atoms with E-state index in [1.165, 1.54) is 4.88 Å². The normalized spacial score (nSPS) is 12.3. The Labute approximate surface area is 160 Å². The molecule has 0 radical (unpaired) electrons. The van der Waals surface area contributed by atoms with Crippen LogP contribution in [-0.4, -0.2) is 30.8 Å². The highest BCUT2D eigenvalue weighted by Gasteiger charge is 2.27. The first-order valence-electron chi connectivity index (χ1n) is 8.36.